The van der Waals surface area contributed by atoms with Crippen LogP contribution in [0.5, 0.6) is 0 Å². The molecule has 0 bridgehead atoms. The van der Waals surface area contributed by atoms with Crippen molar-refractivity contribution in [1.82, 2.24) is 20.0 Å². The molecule has 0 spiro atoms. The summed E-state index contributed by atoms with van der Waals surface area (Å²) in [5, 5.41) is 2.11. The summed E-state index contributed by atoms with van der Waals surface area (Å²) < 4.78 is 0. The van der Waals surface area contributed by atoms with Crippen molar-refractivity contribution in [3.8, 4) is 0 Å². The first-order valence-electron chi connectivity index (χ1n) is 8.74. The number of carbonyl (C=O) groups excluding carboxylic acids is 3. The second kappa shape index (κ2) is 8.43. The Morgan fingerprint density at radius 1 is 1.12 bits per heavy atom. The minimum absolute atomic E-state index is 0.204. The highest BCUT2D eigenvalue weighted by Crippen LogP contribution is 2.17. The zero-order valence-corrected chi connectivity index (χ0v) is 14.7. The van der Waals surface area contributed by atoms with E-state index in [1.165, 1.54) is 6.42 Å². The highest BCUT2D eigenvalue weighted by molar-refractivity contribution is 5.96. The fourth-order valence-electron chi connectivity index (χ4n) is 3.45. The number of hydrogen-bond acceptors (Lipinski definition) is 5. The lowest BCUT2D eigenvalue weighted by molar-refractivity contribution is -0.136. The first-order valence-corrected chi connectivity index (χ1v) is 8.74. The lowest BCUT2D eigenvalue weighted by atomic mass is 10.0. The predicted molar refractivity (Wildman–Crippen MR) is 90.2 cm³/mol. The maximum absolute atomic E-state index is 12.5. The van der Waals surface area contributed by atoms with Crippen LogP contribution in [-0.4, -0.2) is 83.9 Å². The molecule has 0 saturated carbocycles. The topological polar surface area (TPSA) is 99.0 Å². The van der Waals surface area contributed by atoms with Gasteiger partial charge in [-0.2, -0.15) is 0 Å². The molecule has 0 radical (unpaired) electrons. The van der Waals surface area contributed by atoms with Gasteiger partial charge in [0.1, 0.15) is 0 Å². The van der Waals surface area contributed by atoms with Gasteiger partial charge in [-0.05, 0) is 33.1 Å². The molecular weight excluding hydrogens is 310 g/mol. The fourth-order valence-corrected chi connectivity index (χ4v) is 3.45. The average molecular weight is 339 g/mol. The lowest BCUT2D eigenvalue weighted by Crippen LogP contribution is -2.56. The van der Waals surface area contributed by atoms with E-state index >= 15 is 0 Å². The lowest BCUT2D eigenvalue weighted by Gasteiger charge is -2.39. The van der Waals surface area contributed by atoms with E-state index in [1.807, 2.05) is 9.80 Å². The van der Waals surface area contributed by atoms with Crippen LogP contribution in [0.25, 0.3) is 0 Å². The van der Waals surface area contributed by atoms with Gasteiger partial charge in [0.25, 0.3) is 0 Å². The van der Waals surface area contributed by atoms with E-state index in [9.17, 15) is 14.4 Å². The number of carbonyl (C=O) groups is 3. The molecule has 3 N–H and O–H groups in total. The van der Waals surface area contributed by atoms with Gasteiger partial charge < -0.3 is 10.6 Å². The number of urea groups is 1. The minimum Gasteiger partial charge on any atom is -0.351 e. The molecule has 2 saturated heterocycles. The number of rotatable bonds is 4. The van der Waals surface area contributed by atoms with Gasteiger partial charge in [0, 0.05) is 38.8 Å². The number of likely N-dealkylation sites (tertiary alicyclic amines) is 1. The number of nitrogens with zero attached hydrogens (tertiary/aromatic N) is 3. The average Bonchev–Trinajstić information content (AvgIpc) is 2.54. The monoisotopic (exact) mass is 339 g/mol. The smallest absolute Gasteiger partial charge is 0.318 e. The minimum atomic E-state index is -0.827. The first-order chi connectivity index (χ1) is 11.4. The molecule has 8 nitrogen and oxygen atoms in total. The van der Waals surface area contributed by atoms with Crippen molar-refractivity contribution in [3.05, 3.63) is 0 Å². The highest BCUT2D eigenvalue weighted by Gasteiger charge is 2.29. The van der Waals surface area contributed by atoms with Crippen LogP contribution in [0.3, 0.4) is 0 Å². The summed E-state index contributed by atoms with van der Waals surface area (Å²) in [5.41, 5.74) is 4.98. The molecule has 0 aromatic carbocycles. The van der Waals surface area contributed by atoms with Gasteiger partial charge in [0.05, 0.1) is 12.6 Å². The van der Waals surface area contributed by atoms with Crippen molar-refractivity contribution in [2.24, 2.45) is 5.73 Å². The normalized spacial score (nSPS) is 24.4. The van der Waals surface area contributed by atoms with E-state index < -0.39 is 12.1 Å². The molecule has 8 heteroatoms. The Balaban J connectivity index is 1.77. The molecule has 0 aromatic heterocycles. The molecule has 2 aliphatic rings. The van der Waals surface area contributed by atoms with Crippen LogP contribution in [0.2, 0.25) is 0 Å². The summed E-state index contributed by atoms with van der Waals surface area (Å²) in [5.74, 6) is -0.177. The zero-order chi connectivity index (χ0) is 17.7. The van der Waals surface area contributed by atoms with E-state index in [2.05, 4.69) is 17.1 Å². The summed E-state index contributed by atoms with van der Waals surface area (Å²) in [6.07, 6.45) is 3.39. The molecule has 0 unspecified atom stereocenters. The second-order valence-electron chi connectivity index (χ2n) is 6.77. The molecule has 2 atom stereocenters. The Morgan fingerprint density at radius 3 is 2.38 bits per heavy atom. The number of nitrogens with two attached hydrogens (primary N) is 1. The predicted octanol–water partition coefficient (Wildman–Crippen LogP) is -0.412. The Kier molecular flexibility index (Phi) is 6.56. The second-order valence-corrected chi connectivity index (χ2v) is 6.77. The van der Waals surface area contributed by atoms with E-state index in [1.54, 1.807) is 6.92 Å². The third-order valence-electron chi connectivity index (χ3n) is 5.06. The van der Waals surface area contributed by atoms with Crippen LogP contribution < -0.4 is 11.1 Å². The maximum Gasteiger partial charge on any atom is 0.318 e. The molecule has 2 heterocycles. The number of primary amides is 1. The molecule has 2 aliphatic heterocycles. The van der Waals surface area contributed by atoms with Crippen molar-refractivity contribution in [1.29, 1.82) is 0 Å². The molecular formula is C16H29N5O3. The standard InChI is InChI=1S/C16H29N5O3/c1-12-5-3-4-6-21(12)14(22)11-19-7-9-20(10-8-19)13(2)15(23)18-16(17)24/h12-13H,3-11H2,1-2H3,(H3,17,18,23,24)/t12-,13-/m1/s1. The van der Waals surface area contributed by atoms with Crippen LogP contribution in [0.4, 0.5) is 4.79 Å². The fraction of sp³-hybridized carbons (Fsp3) is 0.812. The number of nitrogens with one attached hydrogen (secondary N) is 1. The highest BCUT2D eigenvalue weighted by atomic mass is 16.2. The number of piperidine rings is 1. The zero-order valence-electron chi connectivity index (χ0n) is 14.7. The third-order valence-corrected chi connectivity index (χ3v) is 5.06. The molecule has 24 heavy (non-hydrogen) atoms. The SMILES string of the molecule is C[C@H](C(=O)NC(N)=O)N1CCN(CC(=O)N2CCCC[C@H]2C)CC1. The van der Waals surface area contributed by atoms with Crippen LogP contribution in [0.15, 0.2) is 0 Å². The molecule has 2 fully saturated rings. The van der Waals surface area contributed by atoms with Crippen molar-refractivity contribution < 1.29 is 14.4 Å². The van der Waals surface area contributed by atoms with Crippen LogP contribution in [0.1, 0.15) is 33.1 Å². The Labute approximate surface area is 143 Å². The summed E-state index contributed by atoms with van der Waals surface area (Å²) in [6.45, 7) is 8.05. The molecule has 136 valence electrons. The van der Waals surface area contributed by atoms with E-state index in [-0.39, 0.29) is 11.8 Å². The van der Waals surface area contributed by atoms with E-state index in [0.717, 1.165) is 32.5 Å². The van der Waals surface area contributed by atoms with Crippen molar-refractivity contribution in [3.63, 3.8) is 0 Å². The summed E-state index contributed by atoms with van der Waals surface area (Å²) in [4.78, 5) is 41.2. The number of imide groups is 1. The number of amides is 4. The van der Waals surface area contributed by atoms with Crippen molar-refractivity contribution in [2.75, 3.05) is 39.3 Å². The largest absolute Gasteiger partial charge is 0.351 e. The Bertz CT molecular complexity index is 476. The van der Waals surface area contributed by atoms with Gasteiger partial charge in [0.2, 0.25) is 11.8 Å². The summed E-state index contributed by atoms with van der Waals surface area (Å²) in [7, 11) is 0. The van der Waals surface area contributed by atoms with Crippen LogP contribution in [0, 0.1) is 0 Å². The summed E-state index contributed by atoms with van der Waals surface area (Å²) in [6, 6.07) is -0.894. The van der Waals surface area contributed by atoms with Gasteiger partial charge in [-0.3, -0.25) is 24.7 Å². The van der Waals surface area contributed by atoms with Crippen LogP contribution >= 0.6 is 0 Å². The first kappa shape index (κ1) is 18.7. The van der Waals surface area contributed by atoms with Gasteiger partial charge >= 0.3 is 6.03 Å². The Hall–Kier alpha value is -1.67. The van der Waals surface area contributed by atoms with Crippen molar-refractivity contribution >= 4 is 17.8 Å². The quantitative estimate of drug-likeness (QED) is 0.725. The van der Waals surface area contributed by atoms with Gasteiger partial charge in [-0.1, -0.05) is 0 Å². The Morgan fingerprint density at radius 2 is 1.79 bits per heavy atom. The maximum atomic E-state index is 12.5. The number of piperazine rings is 1. The van der Waals surface area contributed by atoms with E-state index in [4.69, 9.17) is 5.73 Å². The van der Waals surface area contributed by atoms with Gasteiger partial charge in [0.15, 0.2) is 0 Å². The molecule has 4 amide bonds. The summed E-state index contributed by atoms with van der Waals surface area (Å²) >= 11 is 0. The molecule has 2 rings (SSSR count). The molecule has 0 aromatic rings. The third kappa shape index (κ3) is 4.91. The van der Waals surface area contributed by atoms with E-state index in [0.29, 0.717) is 25.7 Å². The number of hydrogen-bond donors (Lipinski definition) is 2. The van der Waals surface area contributed by atoms with Crippen LogP contribution in [-0.2, 0) is 9.59 Å². The van der Waals surface area contributed by atoms with Gasteiger partial charge in [-0.25, -0.2) is 4.79 Å². The molecule has 0 aliphatic carbocycles. The van der Waals surface area contributed by atoms with Crippen molar-refractivity contribution in [2.45, 2.75) is 45.2 Å². The van der Waals surface area contributed by atoms with Gasteiger partial charge in [-0.15, -0.1) is 0 Å².